The van der Waals surface area contributed by atoms with Gasteiger partial charge in [-0.3, -0.25) is 14.9 Å². The molecule has 0 aliphatic heterocycles. The Morgan fingerprint density at radius 2 is 1.76 bits per heavy atom. The Bertz CT molecular complexity index is 1310. The SMILES string of the molecule is COc1ccc2cc([C@H](C)C(=O)NCCNc3ccc(S(C)(=O)=O)cc3[N+](=O)[O-])ccc2c1. The van der Waals surface area contributed by atoms with Crippen molar-refractivity contribution in [2.75, 3.05) is 31.8 Å². The van der Waals surface area contributed by atoms with Crippen LogP contribution in [0.5, 0.6) is 5.75 Å². The van der Waals surface area contributed by atoms with E-state index in [1.165, 1.54) is 12.1 Å². The molecule has 9 nitrogen and oxygen atoms in total. The second-order valence-electron chi connectivity index (χ2n) is 7.62. The molecule has 0 saturated heterocycles. The molecule has 0 radical (unpaired) electrons. The normalized spacial score (nSPS) is 12.2. The third-order valence-electron chi connectivity index (χ3n) is 5.30. The first-order valence-electron chi connectivity index (χ1n) is 10.2. The number of ether oxygens (including phenoxy) is 1. The number of nitro benzene ring substituents is 1. The fourth-order valence-electron chi connectivity index (χ4n) is 3.37. The number of nitro groups is 1. The highest BCUT2D eigenvalue weighted by Crippen LogP contribution is 2.28. The van der Waals surface area contributed by atoms with Crippen molar-refractivity contribution in [2.24, 2.45) is 0 Å². The van der Waals surface area contributed by atoms with Crippen LogP contribution in [0.15, 0.2) is 59.5 Å². The van der Waals surface area contributed by atoms with Gasteiger partial charge in [0, 0.05) is 25.4 Å². The number of rotatable bonds is 9. The first-order valence-corrected chi connectivity index (χ1v) is 12.1. The first kappa shape index (κ1) is 24.0. The van der Waals surface area contributed by atoms with Gasteiger partial charge in [-0.05, 0) is 47.5 Å². The molecule has 0 bridgehead atoms. The first-order chi connectivity index (χ1) is 15.6. The number of benzene rings is 3. The molecule has 0 aromatic heterocycles. The maximum atomic E-state index is 12.6. The molecule has 0 unspecified atom stereocenters. The molecule has 3 aromatic rings. The fourth-order valence-corrected chi connectivity index (χ4v) is 4.01. The molecule has 0 fully saturated rings. The maximum Gasteiger partial charge on any atom is 0.293 e. The van der Waals surface area contributed by atoms with Gasteiger partial charge in [0.05, 0.1) is 22.8 Å². The number of nitrogens with one attached hydrogen (secondary N) is 2. The molecule has 3 rings (SSSR count). The number of anilines is 1. The van der Waals surface area contributed by atoms with E-state index in [-0.39, 0.29) is 41.2 Å². The molecule has 0 saturated carbocycles. The standard InChI is InChI=1S/C23H25N3O6S/c1-15(16-4-5-18-13-19(32-2)7-6-17(18)12-16)23(27)25-11-10-24-21-9-8-20(33(3,30)31)14-22(21)26(28)29/h4-9,12-15,24H,10-11H2,1-3H3,(H,25,27)/t15-/m0/s1. The van der Waals surface area contributed by atoms with Gasteiger partial charge in [0.1, 0.15) is 11.4 Å². The molecular weight excluding hydrogens is 446 g/mol. The number of fused-ring (bicyclic) bond motifs is 1. The molecule has 33 heavy (non-hydrogen) atoms. The Balaban J connectivity index is 1.60. The zero-order valence-corrected chi connectivity index (χ0v) is 19.3. The monoisotopic (exact) mass is 471 g/mol. The minimum Gasteiger partial charge on any atom is -0.497 e. The van der Waals surface area contributed by atoms with Crippen LogP contribution in [0, 0.1) is 10.1 Å². The highest BCUT2D eigenvalue weighted by atomic mass is 32.2. The van der Waals surface area contributed by atoms with E-state index < -0.39 is 14.8 Å². The van der Waals surface area contributed by atoms with Gasteiger partial charge in [-0.2, -0.15) is 0 Å². The van der Waals surface area contributed by atoms with Crippen molar-refractivity contribution in [2.45, 2.75) is 17.7 Å². The van der Waals surface area contributed by atoms with Crippen LogP contribution in [0.3, 0.4) is 0 Å². The molecule has 174 valence electrons. The Labute approximate surface area is 191 Å². The molecule has 0 heterocycles. The predicted octanol–water partition coefficient (Wildman–Crippen LogP) is 3.49. The van der Waals surface area contributed by atoms with E-state index in [0.717, 1.165) is 34.4 Å². The number of sulfone groups is 1. The number of amides is 1. The molecule has 0 spiro atoms. The maximum absolute atomic E-state index is 12.6. The van der Waals surface area contributed by atoms with E-state index >= 15 is 0 Å². The van der Waals surface area contributed by atoms with Crippen LogP contribution >= 0.6 is 0 Å². The number of hydrogen-bond donors (Lipinski definition) is 2. The minimum atomic E-state index is -3.56. The number of carbonyl (C=O) groups excluding carboxylic acids is 1. The third-order valence-corrected chi connectivity index (χ3v) is 6.41. The van der Waals surface area contributed by atoms with Crippen LogP contribution in [0.2, 0.25) is 0 Å². The number of carbonyl (C=O) groups is 1. The summed E-state index contributed by atoms with van der Waals surface area (Å²) >= 11 is 0. The summed E-state index contributed by atoms with van der Waals surface area (Å²) in [4.78, 5) is 23.1. The summed E-state index contributed by atoms with van der Waals surface area (Å²) in [5.74, 6) is 0.200. The Morgan fingerprint density at radius 1 is 1.06 bits per heavy atom. The van der Waals surface area contributed by atoms with Crippen molar-refractivity contribution in [1.29, 1.82) is 0 Å². The highest BCUT2D eigenvalue weighted by molar-refractivity contribution is 7.90. The summed E-state index contributed by atoms with van der Waals surface area (Å²) in [5.41, 5.74) is 0.704. The second-order valence-corrected chi connectivity index (χ2v) is 9.64. The molecule has 0 aliphatic carbocycles. The van der Waals surface area contributed by atoms with Crippen molar-refractivity contribution >= 4 is 37.9 Å². The molecule has 10 heteroatoms. The van der Waals surface area contributed by atoms with Gasteiger partial charge in [-0.25, -0.2) is 8.42 Å². The number of nitrogens with zero attached hydrogens (tertiary/aromatic N) is 1. The van der Waals surface area contributed by atoms with Crippen molar-refractivity contribution in [3.63, 3.8) is 0 Å². The Morgan fingerprint density at radius 3 is 2.42 bits per heavy atom. The van der Waals surface area contributed by atoms with E-state index in [0.29, 0.717) is 0 Å². The largest absolute Gasteiger partial charge is 0.497 e. The fraction of sp³-hybridized carbons (Fsp3) is 0.261. The van der Waals surface area contributed by atoms with Gasteiger partial charge < -0.3 is 15.4 Å². The number of hydrogen-bond acceptors (Lipinski definition) is 7. The predicted molar refractivity (Wildman–Crippen MR) is 127 cm³/mol. The van der Waals surface area contributed by atoms with Crippen molar-refractivity contribution < 1.29 is 22.9 Å². The van der Waals surface area contributed by atoms with Gasteiger partial charge in [0.15, 0.2) is 9.84 Å². The lowest BCUT2D eigenvalue weighted by Crippen LogP contribution is -2.32. The van der Waals surface area contributed by atoms with E-state index in [1.54, 1.807) is 7.11 Å². The average molecular weight is 472 g/mol. The summed E-state index contributed by atoms with van der Waals surface area (Å²) in [6, 6.07) is 15.2. The van der Waals surface area contributed by atoms with E-state index in [2.05, 4.69) is 10.6 Å². The highest BCUT2D eigenvalue weighted by Gasteiger charge is 2.19. The second kappa shape index (κ2) is 9.86. The summed E-state index contributed by atoms with van der Waals surface area (Å²) in [7, 11) is -1.95. The summed E-state index contributed by atoms with van der Waals surface area (Å²) in [6.45, 7) is 2.27. The van der Waals surface area contributed by atoms with Gasteiger partial charge in [0.25, 0.3) is 5.69 Å². The van der Waals surface area contributed by atoms with Crippen molar-refractivity contribution in [3.8, 4) is 5.75 Å². The summed E-state index contributed by atoms with van der Waals surface area (Å²) in [6.07, 6.45) is 0.988. The minimum absolute atomic E-state index is 0.129. The van der Waals surface area contributed by atoms with Gasteiger partial charge in [0.2, 0.25) is 5.91 Å². The smallest absolute Gasteiger partial charge is 0.293 e. The Hall–Kier alpha value is -3.66. The van der Waals surface area contributed by atoms with E-state index in [9.17, 15) is 23.3 Å². The van der Waals surface area contributed by atoms with E-state index in [1.807, 2.05) is 43.3 Å². The van der Waals surface area contributed by atoms with Crippen LogP contribution in [-0.4, -0.2) is 45.7 Å². The molecule has 3 aromatic carbocycles. The number of methoxy groups -OCH3 is 1. The van der Waals surface area contributed by atoms with Crippen LogP contribution in [0.25, 0.3) is 10.8 Å². The summed E-state index contributed by atoms with van der Waals surface area (Å²) in [5, 5.41) is 19.0. The lowest BCUT2D eigenvalue weighted by Gasteiger charge is -2.14. The van der Waals surface area contributed by atoms with Gasteiger partial charge >= 0.3 is 0 Å². The zero-order valence-electron chi connectivity index (χ0n) is 18.5. The van der Waals surface area contributed by atoms with Gasteiger partial charge in [-0.15, -0.1) is 0 Å². The van der Waals surface area contributed by atoms with Crippen LogP contribution in [0.1, 0.15) is 18.4 Å². The lowest BCUT2D eigenvalue weighted by molar-refractivity contribution is -0.384. The van der Waals surface area contributed by atoms with Crippen molar-refractivity contribution in [1.82, 2.24) is 5.32 Å². The quantitative estimate of drug-likeness (QED) is 0.278. The van der Waals surface area contributed by atoms with Crippen LogP contribution in [-0.2, 0) is 14.6 Å². The molecular formula is C23H25N3O6S. The zero-order chi connectivity index (χ0) is 24.2. The van der Waals surface area contributed by atoms with E-state index in [4.69, 9.17) is 4.74 Å². The summed E-state index contributed by atoms with van der Waals surface area (Å²) < 4.78 is 28.5. The van der Waals surface area contributed by atoms with Crippen LogP contribution in [0.4, 0.5) is 11.4 Å². The topological polar surface area (TPSA) is 128 Å². The molecule has 2 N–H and O–H groups in total. The molecule has 0 aliphatic rings. The average Bonchev–Trinajstić information content (AvgIpc) is 2.79. The van der Waals surface area contributed by atoms with Crippen molar-refractivity contribution in [3.05, 3.63) is 70.3 Å². The molecule has 1 amide bonds. The Kier molecular flexibility index (Phi) is 7.17. The van der Waals surface area contributed by atoms with Gasteiger partial charge in [-0.1, -0.05) is 24.3 Å². The third kappa shape index (κ3) is 5.78. The lowest BCUT2D eigenvalue weighted by atomic mass is 9.97. The van der Waals surface area contributed by atoms with Crippen LogP contribution < -0.4 is 15.4 Å². The molecule has 1 atom stereocenters.